The van der Waals surface area contributed by atoms with Crippen molar-refractivity contribution >= 4 is 6.08 Å². The van der Waals surface area contributed by atoms with E-state index in [1.165, 1.54) is 26.2 Å². The van der Waals surface area contributed by atoms with Gasteiger partial charge in [-0.3, -0.25) is 0 Å². The highest BCUT2D eigenvalue weighted by Crippen LogP contribution is 2.27. The Kier molecular flexibility index (Phi) is 3.57. The number of aromatic hydroxyl groups is 1. The first-order valence-corrected chi connectivity index (χ1v) is 4.50. The van der Waals surface area contributed by atoms with Gasteiger partial charge in [-0.15, -0.1) is 0 Å². The molecule has 0 spiro atoms. The number of rotatable bonds is 3. The first-order chi connectivity index (χ1) is 7.04. The molecule has 1 aromatic rings. The normalized spacial score (nSPS) is 13.7. The van der Waals surface area contributed by atoms with E-state index in [9.17, 15) is 10.2 Å². The van der Waals surface area contributed by atoms with Crippen molar-refractivity contribution in [3.63, 3.8) is 0 Å². The minimum absolute atomic E-state index is 0.0335. The second-order valence-electron chi connectivity index (χ2n) is 3.18. The van der Waals surface area contributed by atoms with Gasteiger partial charge in [0.25, 0.3) is 0 Å². The van der Waals surface area contributed by atoms with E-state index in [0.29, 0.717) is 11.3 Å². The lowest BCUT2D eigenvalue weighted by molar-refractivity contribution is 0.172. The molecule has 0 heterocycles. The second kappa shape index (κ2) is 4.70. The number of ether oxygens (including phenoxy) is 1. The molecule has 4 heteroatoms. The Labute approximate surface area is 88.1 Å². The van der Waals surface area contributed by atoms with Crippen LogP contribution in [0.3, 0.4) is 0 Å². The van der Waals surface area contributed by atoms with Crippen LogP contribution in [0.4, 0.5) is 0 Å². The highest BCUT2D eigenvalue weighted by molar-refractivity contribution is 5.57. The highest BCUT2D eigenvalue weighted by atomic mass is 16.5. The molecule has 0 aliphatic heterocycles. The molecule has 0 saturated heterocycles. The standard InChI is InChI=1S/C11H14O4/c1-7(12)10(14)5-8-3-4-9(13)11(6-8)15-2/h3-7,12-14H,1-2H3. The van der Waals surface area contributed by atoms with Crippen molar-refractivity contribution in [2.24, 2.45) is 0 Å². The first-order valence-electron chi connectivity index (χ1n) is 4.50. The molecule has 0 aromatic heterocycles. The summed E-state index contributed by atoms with van der Waals surface area (Å²) in [5.74, 6) is 0.219. The molecule has 1 unspecified atom stereocenters. The summed E-state index contributed by atoms with van der Waals surface area (Å²) in [6, 6.07) is 4.63. The number of methoxy groups -OCH3 is 1. The van der Waals surface area contributed by atoms with Crippen molar-refractivity contribution in [1.82, 2.24) is 0 Å². The van der Waals surface area contributed by atoms with E-state index in [4.69, 9.17) is 9.84 Å². The van der Waals surface area contributed by atoms with Gasteiger partial charge in [0.1, 0.15) is 11.9 Å². The molecule has 3 N–H and O–H groups in total. The van der Waals surface area contributed by atoms with E-state index in [0.717, 1.165) is 0 Å². The number of phenolic OH excluding ortho intramolecular Hbond substituents is 1. The summed E-state index contributed by atoms with van der Waals surface area (Å²) < 4.78 is 4.90. The van der Waals surface area contributed by atoms with Crippen LogP contribution in [0, 0.1) is 0 Å². The first kappa shape index (κ1) is 11.4. The fourth-order valence-electron chi connectivity index (χ4n) is 1.08. The molecule has 1 atom stereocenters. The largest absolute Gasteiger partial charge is 0.510 e. The van der Waals surface area contributed by atoms with Crippen LogP contribution in [0.5, 0.6) is 11.5 Å². The van der Waals surface area contributed by atoms with Gasteiger partial charge in [0.15, 0.2) is 11.5 Å². The molecule has 1 aromatic carbocycles. The van der Waals surface area contributed by atoms with E-state index >= 15 is 0 Å². The Morgan fingerprint density at radius 1 is 1.47 bits per heavy atom. The monoisotopic (exact) mass is 210 g/mol. The fourth-order valence-corrected chi connectivity index (χ4v) is 1.08. The number of phenols is 1. The van der Waals surface area contributed by atoms with E-state index in [2.05, 4.69) is 0 Å². The van der Waals surface area contributed by atoms with Crippen molar-refractivity contribution in [3.8, 4) is 11.5 Å². The van der Waals surface area contributed by atoms with E-state index in [1.54, 1.807) is 12.1 Å². The zero-order valence-electron chi connectivity index (χ0n) is 8.64. The molecule has 82 valence electrons. The summed E-state index contributed by atoms with van der Waals surface area (Å²) in [5.41, 5.74) is 0.642. The van der Waals surface area contributed by atoms with Gasteiger partial charge in [0.2, 0.25) is 0 Å². The molecule has 15 heavy (non-hydrogen) atoms. The van der Waals surface area contributed by atoms with Gasteiger partial charge in [-0.25, -0.2) is 0 Å². The quantitative estimate of drug-likeness (QED) is 0.664. The molecule has 0 bridgehead atoms. The van der Waals surface area contributed by atoms with Gasteiger partial charge < -0.3 is 20.1 Å². The van der Waals surface area contributed by atoms with E-state index < -0.39 is 6.10 Å². The van der Waals surface area contributed by atoms with E-state index in [-0.39, 0.29) is 11.5 Å². The fraction of sp³-hybridized carbons (Fsp3) is 0.273. The minimum atomic E-state index is -0.912. The van der Waals surface area contributed by atoms with Crippen LogP contribution in [0.25, 0.3) is 6.08 Å². The molecule has 0 saturated carbocycles. The summed E-state index contributed by atoms with van der Waals surface area (Å²) in [4.78, 5) is 0. The molecule has 0 aliphatic rings. The third kappa shape index (κ3) is 2.89. The number of hydrogen-bond acceptors (Lipinski definition) is 4. The van der Waals surface area contributed by atoms with Crippen molar-refractivity contribution in [1.29, 1.82) is 0 Å². The Hall–Kier alpha value is -1.68. The van der Waals surface area contributed by atoms with Gasteiger partial charge in [0, 0.05) is 0 Å². The summed E-state index contributed by atoms with van der Waals surface area (Å²) in [6.07, 6.45) is 0.497. The van der Waals surface area contributed by atoms with Crippen LogP contribution in [-0.2, 0) is 0 Å². The third-order valence-corrected chi connectivity index (χ3v) is 1.95. The Bertz CT molecular complexity index is 369. The minimum Gasteiger partial charge on any atom is -0.510 e. The molecule has 0 fully saturated rings. The number of aliphatic hydroxyl groups is 2. The van der Waals surface area contributed by atoms with Crippen molar-refractivity contribution < 1.29 is 20.1 Å². The average Bonchev–Trinajstić information content (AvgIpc) is 2.20. The molecule has 0 radical (unpaired) electrons. The van der Waals surface area contributed by atoms with Crippen LogP contribution in [0.15, 0.2) is 24.0 Å². The summed E-state index contributed by atoms with van der Waals surface area (Å²) in [7, 11) is 1.44. The predicted octanol–water partition coefficient (Wildman–Crippen LogP) is 1.68. The lowest BCUT2D eigenvalue weighted by Crippen LogP contribution is -2.02. The molecule has 4 nitrogen and oxygen atoms in total. The maximum atomic E-state index is 9.32. The molecule has 1 rings (SSSR count). The summed E-state index contributed by atoms with van der Waals surface area (Å²) in [6.45, 7) is 1.46. The number of benzene rings is 1. The molecule has 0 aliphatic carbocycles. The summed E-state index contributed by atoms with van der Waals surface area (Å²) >= 11 is 0. The zero-order chi connectivity index (χ0) is 11.4. The molecular weight excluding hydrogens is 196 g/mol. The molecule has 0 amide bonds. The van der Waals surface area contributed by atoms with Crippen molar-refractivity contribution in [2.45, 2.75) is 13.0 Å². The predicted molar refractivity (Wildman–Crippen MR) is 56.9 cm³/mol. The average molecular weight is 210 g/mol. The lowest BCUT2D eigenvalue weighted by Gasteiger charge is -2.05. The van der Waals surface area contributed by atoms with E-state index in [1.807, 2.05) is 0 Å². The maximum absolute atomic E-state index is 9.32. The Morgan fingerprint density at radius 2 is 2.13 bits per heavy atom. The van der Waals surface area contributed by atoms with Crippen LogP contribution in [0.2, 0.25) is 0 Å². The van der Waals surface area contributed by atoms with Crippen molar-refractivity contribution in [2.75, 3.05) is 7.11 Å². The van der Waals surface area contributed by atoms with Gasteiger partial charge in [-0.05, 0) is 30.7 Å². The smallest absolute Gasteiger partial charge is 0.161 e. The van der Waals surface area contributed by atoms with Crippen LogP contribution in [-0.4, -0.2) is 28.5 Å². The highest BCUT2D eigenvalue weighted by Gasteiger charge is 2.04. The van der Waals surface area contributed by atoms with Gasteiger partial charge in [0.05, 0.1) is 7.11 Å². The van der Waals surface area contributed by atoms with Crippen molar-refractivity contribution in [3.05, 3.63) is 29.5 Å². The lowest BCUT2D eigenvalue weighted by atomic mass is 10.1. The topological polar surface area (TPSA) is 69.9 Å². The maximum Gasteiger partial charge on any atom is 0.161 e. The number of hydrogen-bond donors (Lipinski definition) is 3. The van der Waals surface area contributed by atoms with Gasteiger partial charge >= 0.3 is 0 Å². The Balaban J connectivity index is 3.02. The Morgan fingerprint density at radius 3 is 2.67 bits per heavy atom. The van der Waals surface area contributed by atoms with Gasteiger partial charge in [-0.1, -0.05) is 6.07 Å². The van der Waals surface area contributed by atoms with Crippen LogP contribution < -0.4 is 4.74 Å². The van der Waals surface area contributed by atoms with Gasteiger partial charge in [-0.2, -0.15) is 0 Å². The zero-order valence-corrected chi connectivity index (χ0v) is 8.64. The van der Waals surface area contributed by atoms with Crippen LogP contribution >= 0.6 is 0 Å². The van der Waals surface area contributed by atoms with Crippen LogP contribution in [0.1, 0.15) is 12.5 Å². The summed E-state index contributed by atoms with van der Waals surface area (Å²) in [5, 5.41) is 27.7. The SMILES string of the molecule is COc1cc(C=C(O)C(C)O)ccc1O. The molecular formula is C11H14O4. The second-order valence-corrected chi connectivity index (χ2v) is 3.18. The third-order valence-electron chi connectivity index (χ3n) is 1.95. The number of aliphatic hydroxyl groups excluding tert-OH is 2.